The zero-order chi connectivity index (χ0) is 13.8. The van der Waals surface area contributed by atoms with Gasteiger partial charge in [-0.1, -0.05) is 23.7 Å². The summed E-state index contributed by atoms with van der Waals surface area (Å²) < 4.78 is 0.746. The summed E-state index contributed by atoms with van der Waals surface area (Å²) in [5.41, 5.74) is 6.24. The van der Waals surface area contributed by atoms with E-state index in [4.69, 9.17) is 17.3 Å². The van der Waals surface area contributed by atoms with E-state index >= 15 is 0 Å². The Morgan fingerprint density at radius 3 is 2.84 bits per heavy atom. The first kappa shape index (κ1) is 14.5. The molecular formula is C13H12BrClN2OS. The van der Waals surface area contributed by atoms with E-state index in [0.717, 1.165) is 14.9 Å². The van der Waals surface area contributed by atoms with Gasteiger partial charge in [-0.15, -0.1) is 11.3 Å². The fraction of sp³-hybridized carbons (Fsp3) is 0.154. The molecule has 1 atom stereocenters. The lowest BCUT2D eigenvalue weighted by Gasteiger charge is -2.16. The Kier molecular flexibility index (Phi) is 4.99. The lowest BCUT2D eigenvalue weighted by Crippen LogP contribution is -2.33. The topological polar surface area (TPSA) is 55.1 Å². The quantitative estimate of drug-likeness (QED) is 0.858. The Bertz CT molecular complexity index is 574. The molecule has 0 saturated heterocycles. The number of carbonyl (C=O) groups is 1. The third kappa shape index (κ3) is 3.79. The number of rotatable bonds is 5. The number of primary amides is 1. The van der Waals surface area contributed by atoms with Crippen molar-refractivity contribution >= 4 is 44.8 Å². The third-order valence-electron chi connectivity index (χ3n) is 2.62. The van der Waals surface area contributed by atoms with Crippen LogP contribution in [0.5, 0.6) is 0 Å². The van der Waals surface area contributed by atoms with Gasteiger partial charge in [0.25, 0.3) is 0 Å². The molecule has 2 rings (SSSR count). The van der Waals surface area contributed by atoms with Gasteiger partial charge in [0.15, 0.2) is 0 Å². The van der Waals surface area contributed by atoms with Crippen molar-refractivity contribution in [2.45, 2.75) is 12.6 Å². The van der Waals surface area contributed by atoms with Crippen LogP contribution in [-0.2, 0) is 11.3 Å². The highest BCUT2D eigenvalue weighted by Crippen LogP contribution is 2.26. The molecule has 1 heterocycles. The Labute approximate surface area is 128 Å². The van der Waals surface area contributed by atoms with Crippen LogP contribution in [0.25, 0.3) is 0 Å². The second kappa shape index (κ2) is 6.52. The molecule has 1 aromatic carbocycles. The largest absolute Gasteiger partial charge is 0.368 e. The normalized spacial score (nSPS) is 12.3. The Morgan fingerprint density at radius 2 is 2.26 bits per heavy atom. The molecule has 0 radical (unpaired) electrons. The van der Waals surface area contributed by atoms with Gasteiger partial charge in [0.05, 0.1) is 5.02 Å². The zero-order valence-corrected chi connectivity index (χ0v) is 13.1. The minimum Gasteiger partial charge on any atom is -0.368 e. The van der Waals surface area contributed by atoms with Crippen molar-refractivity contribution < 1.29 is 4.79 Å². The predicted molar refractivity (Wildman–Crippen MR) is 82.2 cm³/mol. The van der Waals surface area contributed by atoms with E-state index in [9.17, 15) is 4.79 Å². The van der Waals surface area contributed by atoms with E-state index in [2.05, 4.69) is 21.2 Å². The molecule has 0 spiro atoms. The third-order valence-corrected chi connectivity index (χ3v) is 4.71. The lowest BCUT2D eigenvalue weighted by atomic mass is 10.1. The molecule has 0 aliphatic heterocycles. The van der Waals surface area contributed by atoms with Crippen LogP contribution in [0.4, 0.5) is 0 Å². The van der Waals surface area contributed by atoms with E-state index in [1.807, 2.05) is 17.5 Å². The van der Waals surface area contributed by atoms with E-state index in [-0.39, 0.29) is 0 Å². The number of hydrogen-bond donors (Lipinski definition) is 2. The zero-order valence-electron chi connectivity index (χ0n) is 9.90. The van der Waals surface area contributed by atoms with E-state index in [0.29, 0.717) is 11.6 Å². The summed E-state index contributed by atoms with van der Waals surface area (Å²) in [5, 5.41) is 5.75. The summed E-state index contributed by atoms with van der Waals surface area (Å²) in [7, 11) is 0. The summed E-state index contributed by atoms with van der Waals surface area (Å²) in [6.45, 7) is 0.603. The van der Waals surface area contributed by atoms with Crippen LogP contribution in [0, 0.1) is 0 Å². The number of hydrogen-bond acceptors (Lipinski definition) is 3. The molecule has 3 N–H and O–H groups in total. The molecule has 1 aromatic heterocycles. The minimum absolute atomic E-state index is 0.411. The Hall–Kier alpha value is -0.880. The number of halogens is 2. The van der Waals surface area contributed by atoms with Crippen LogP contribution < -0.4 is 11.1 Å². The molecule has 6 heteroatoms. The predicted octanol–water partition coefficient (Wildman–Crippen LogP) is 3.48. The maximum Gasteiger partial charge on any atom is 0.239 e. The van der Waals surface area contributed by atoms with Crippen LogP contribution in [0.3, 0.4) is 0 Å². The van der Waals surface area contributed by atoms with Crippen molar-refractivity contribution in [3.05, 3.63) is 55.6 Å². The van der Waals surface area contributed by atoms with Gasteiger partial charge >= 0.3 is 0 Å². The minimum atomic E-state index is -0.532. The average Bonchev–Trinajstić information content (AvgIpc) is 2.86. The van der Waals surface area contributed by atoms with Crippen molar-refractivity contribution in [1.29, 1.82) is 0 Å². The van der Waals surface area contributed by atoms with Crippen molar-refractivity contribution in [1.82, 2.24) is 5.32 Å². The molecule has 0 aliphatic rings. The maximum atomic E-state index is 11.6. The number of nitrogens with two attached hydrogens (primary N) is 1. The summed E-state index contributed by atoms with van der Waals surface area (Å²) in [5.74, 6) is -0.411. The molecule has 19 heavy (non-hydrogen) atoms. The molecule has 1 unspecified atom stereocenters. The van der Waals surface area contributed by atoms with Gasteiger partial charge in [0.2, 0.25) is 5.91 Å². The molecule has 100 valence electrons. The van der Waals surface area contributed by atoms with Gasteiger partial charge in [-0.3, -0.25) is 10.1 Å². The smallest absolute Gasteiger partial charge is 0.239 e. The fourth-order valence-corrected chi connectivity index (χ4v) is 2.86. The summed E-state index contributed by atoms with van der Waals surface area (Å²) in [6, 6.07) is 8.79. The number of thiophene rings is 1. The van der Waals surface area contributed by atoms with Gasteiger partial charge in [-0.25, -0.2) is 0 Å². The van der Waals surface area contributed by atoms with Crippen LogP contribution in [0.1, 0.15) is 16.5 Å². The van der Waals surface area contributed by atoms with Crippen molar-refractivity contribution in [2.24, 2.45) is 5.73 Å². The number of carbonyl (C=O) groups excluding carboxylic acids is 1. The average molecular weight is 360 g/mol. The SMILES string of the molecule is NC(=O)C(NCc1cccs1)c1ccc(Cl)c(Br)c1. The fourth-order valence-electron chi connectivity index (χ4n) is 1.69. The molecule has 0 bridgehead atoms. The van der Waals surface area contributed by atoms with Crippen LogP contribution >= 0.6 is 38.9 Å². The highest BCUT2D eigenvalue weighted by molar-refractivity contribution is 9.10. The number of nitrogens with one attached hydrogen (secondary N) is 1. The van der Waals surface area contributed by atoms with Crippen LogP contribution in [0.15, 0.2) is 40.2 Å². The number of amides is 1. The van der Waals surface area contributed by atoms with Gasteiger partial charge in [0.1, 0.15) is 6.04 Å². The first-order valence-corrected chi connectivity index (χ1v) is 7.63. The summed E-state index contributed by atoms with van der Waals surface area (Å²) >= 11 is 10.9. The second-order valence-electron chi connectivity index (χ2n) is 3.97. The van der Waals surface area contributed by atoms with Gasteiger partial charge in [-0.2, -0.15) is 0 Å². The first-order valence-electron chi connectivity index (χ1n) is 5.58. The highest BCUT2D eigenvalue weighted by Gasteiger charge is 2.18. The molecule has 0 fully saturated rings. The van der Waals surface area contributed by atoms with Crippen LogP contribution in [-0.4, -0.2) is 5.91 Å². The van der Waals surface area contributed by atoms with Gasteiger partial charge in [0, 0.05) is 15.9 Å². The molecule has 1 amide bonds. The Morgan fingerprint density at radius 1 is 1.47 bits per heavy atom. The van der Waals surface area contributed by atoms with Gasteiger partial charge in [-0.05, 0) is 45.1 Å². The van der Waals surface area contributed by atoms with E-state index in [1.54, 1.807) is 29.5 Å². The van der Waals surface area contributed by atoms with E-state index in [1.165, 1.54) is 0 Å². The molecule has 0 aliphatic carbocycles. The van der Waals surface area contributed by atoms with Gasteiger partial charge < -0.3 is 5.73 Å². The standard InChI is InChI=1S/C13H12BrClN2OS/c14-10-6-8(3-4-11(10)15)12(13(16)18)17-7-9-2-1-5-19-9/h1-6,12,17H,7H2,(H2,16,18). The highest BCUT2D eigenvalue weighted by atomic mass is 79.9. The second-order valence-corrected chi connectivity index (χ2v) is 6.26. The lowest BCUT2D eigenvalue weighted by molar-refractivity contribution is -0.120. The summed E-state index contributed by atoms with van der Waals surface area (Å²) in [4.78, 5) is 12.7. The van der Waals surface area contributed by atoms with E-state index < -0.39 is 11.9 Å². The maximum absolute atomic E-state index is 11.6. The monoisotopic (exact) mass is 358 g/mol. The van der Waals surface area contributed by atoms with Crippen molar-refractivity contribution in [3.63, 3.8) is 0 Å². The first-order chi connectivity index (χ1) is 9.08. The molecule has 3 nitrogen and oxygen atoms in total. The Balaban J connectivity index is 2.15. The summed E-state index contributed by atoms with van der Waals surface area (Å²) in [6.07, 6.45) is 0. The van der Waals surface area contributed by atoms with Crippen molar-refractivity contribution in [3.8, 4) is 0 Å². The molecular weight excluding hydrogens is 348 g/mol. The number of benzene rings is 1. The van der Waals surface area contributed by atoms with Crippen LogP contribution in [0.2, 0.25) is 5.02 Å². The van der Waals surface area contributed by atoms with Crippen molar-refractivity contribution in [2.75, 3.05) is 0 Å². The molecule has 2 aromatic rings. The molecule has 0 saturated carbocycles.